The van der Waals surface area contributed by atoms with Crippen molar-refractivity contribution < 1.29 is 4.74 Å². The Morgan fingerprint density at radius 3 is 2.88 bits per heavy atom. The van der Waals surface area contributed by atoms with Gasteiger partial charge in [0.25, 0.3) is 0 Å². The van der Waals surface area contributed by atoms with Gasteiger partial charge in [-0.05, 0) is 23.3 Å². The zero-order valence-corrected chi connectivity index (χ0v) is 11.1. The molecule has 1 saturated heterocycles. The lowest BCUT2D eigenvalue weighted by Crippen LogP contribution is -2.40. The fourth-order valence-electron chi connectivity index (χ4n) is 2.13. The first-order valence-electron chi connectivity index (χ1n) is 5.96. The summed E-state index contributed by atoms with van der Waals surface area (Å²) in [6.45, 7) is 8.66. The lowest BCUT2D eigenvalue weighted by atomic mass is 9.85. The van der Waals surface area contributed by atoms with E-state index in [1.54, 1.807) is 11.3 Å². The normalized spacial score (nSPS) is 27.7. The number of ether oxygens (including phenoxy) is 1. The first-order chi connectivity index (χ1) is 7.57. The predicted molar refractivity (Wildman–Crippen MR) is 68.9 cm³/mol. The minimum Gasteiger partial charge on any atom is -0.371 e. The summed E-state index contributed by atoms with van der Waals surface area (Å²) in [5, 5.41) is 5.76. The van der Waals surface area contributed by atoms with Crippen molar-refractivity contribution in [2.75, 3.05) is 13.2 Å². The molecule has 2 unspecified atom stereocenters. The van der Waals surface area contributed by atoms with Gasteiger partial charge >= 0.3 is 0 Å². The van der Waals surface area contributed by atoms with Crippen molar-refractivity contribution in [2.45, 2.75) is 39.3 Å². The molecule has 1 N–H and O–H groups in total. The van der Waals surface area contributed by atoms with E-state index in [-0.39, 0.29) is 6.10 Å². The van der Waals surface area contributed by atoms with Crippen LogP contribution in [0.4, 0.5) is 0 Å². The molecule has 0 aromatic carbocycles. The van der Waals surface area contributed by atoms with Gasteiger partial charge < -0.3 is 10.1 Å². The molecule has 2 rings (SSSR count). The Hall–Kier alpha value is -0.380. The van der Waals surface area contributed by atoms with Gasteiger partial charge in [0.2, 0.25) is 0 Å². The van der Waals surface area contributed by atoms with E-state index < -0.39 is 0 Å². The molecule has 2 nitrogen and oxygen atoms in total. The first kappa shape index (κ1) is 12.1. The molecule has 0 bridgehead atoms. The molecule has 1 aromatic heterocycles. The number of rotatable bonds is 1. The third kappa shape index (κ3) is 2.84. The highest BCUT2D eigenvalue weighted by Gasteiger charge is 2.28. The van der Waals surface area contributed by atoms with E-state index in [0.29, 0.717) is 11.5 Å². The van der Waals surface area contributed by atoms with E-state index in [0.717, 1.165) is 19.6 Å². The van der Waals surface area contributed by atoms with Crippen LogP contribution in [0.5, 0.6) is 0 Å². The van der Waals surface area contributed by atoms with Crippen LogP contribution < -0.4 is 5.32 Å². The molecule has 0 saturated carbocycles. The molecule has 1 aliphatic heterocycles. The maximum absolute atomic E-state index is 5.92. The van der Waals surface area contributed by atoms with Crippen LogP contribution in [-0.2, 0) is 4.74 Å². The van der Waals surface area contributed by atoms with E-state index in [9.17, 15) is 0 Å². The van der Waals surface area contributed by atoms with Crippen LogP contribution >= 0.6 is 11.3 Å². The Kier molecular flexibility index (Phi) is 3.67. The summed E-state index contributed by atoms with van der Waals surface area (Å²) >= 11 is 1.78. The van der Waals surface area contributed by atoms with E-state index in [1.807, 2.05) is 0 Å². The molecule has 0 spiro atoms. The van der Waals surface area contributed by atoms with Crippen LogP contribution in [0.2, 0.25) is 0 Å². The standard InChI is InChI=1S/C13H21NOS/c1-13(2,3)12-6-7-15-10(9-14-12)11-5-4-8-16-11/h4-5,8,10,12,14H,6-7,9H2,1-3H3. The molecule has 3 heteroatoms. The molecule has 0 radical (unpaired) electrons. The number of thiophene rings is 1. The molecule has 1 aromatic rings. The summed E-state index contributed by atoms with van der Waals surface area (Å²) in [6.07, 6.45) is 1.35. The van der Waals surface area contributed by atoms with Crippen LogP contribution in [0.3, 0.4) is 0 Å². The highest BCUT2D eigenvalue weighted by molar-refractivity contribution is 7.10. The quantitative estimate of drug-likeness (QED) is 0.812. The summed E-state index contributed by atoms with van der Waals surface area (Å²) in [7, 11) is 0. The molecule has 2 heterocycles. The van der Waals surface area contributed by atoms with Crippen molar-refractivity contribution in [3.63, 3.8) is 0 Å². The van der Waals surface area contributed by atoms with Gasteiger partial charge in [0.05, 0.1) is 0 Å². The molecular formula is C13H21NOS. The molecule has 90 valence electrons. The average molecular weight is 239 g/mol. The zero-order chi connectivity index (χ0) is 11.6. The molecule has 1 aliphatic rings. The maximum atomic E-state index is 5.92. The predicted octanol–water partition coefficient (Wildman–Crippen LogP) is 3.21. The number of hydrogen-bond acceptors (Lipinski definition) is 3. The Bertz CT molecular complexity index is 315. The van der Waals surface area contributed by atoms with Crippen LogP contribution in [0.15, 0.2) is 17.5 Å². The summed E-state index contributed by atoms with van der Waals surface area (Å²) in [6, 6.07) is 4.81. The largest absolute Gasteiger partial charge is 0.371 e. The molecule has 1 fully saturated rings. The average Bonchev–Trinajstić information content (AvgIpc) is 2.60. The van der Waals surface area contributed by atoms with E-state index in [1.165, 1.54) is 4.88 Å². The van der Waals surface area contributed by atoms with Gasteiger partial charge in [-0.3, -0.25) is 0 Å². The minimum absolute atomic E-state index is 0.243. The van der Waals surface area contributed by atoms with Gasteiger partial charge in [0, 0.05) is 24.1 Å². The Morgan fingerprint density at radius 2 is 2.25 bits per heavy atom. The van der Waals surface area contributed by atoms with Gasteiger partial charge in [0.1, 0.15) is 6.10 Å². The second-order valence-corrected chi connectivity index (χ2v) is 6.47. The second-order valence-electron chi connectivity index (χ2n) is 5.49. The third-order valence-electron chi connectivity index (χ3n) is 3.18. The molecule has 2 atom stereocenters. The number of nitrogens with one attached hydrogen (secondary N) is 1. The highest BCUT2D eigenvalue weighted by Crippen LogP contribution is 2.28. The van der Waals surface area contributed by atoms with Crippen LogP contribution in [0.25, 0.3) is 0 Å². The molecule has 0 aliphatic carbocycles. The van der Waals surface area contributed by atoms with Gasteiger partial charge in [-0.25, -0.2) is 0 Å². The zero-order valence-electron chi connectivity index (χ0n) is 10.3. The van der Waals surface area contributed by atoms with Crippen molar-refractivity contribution in [1.29, 1.82) is 0 Å². The monoisotopic (exact) mass is 239 g/mol. The maximum Gasteiger partial charge on any atom is 0.104 e. The van der Waals surface area contributed by atoms with Crippen molar-refractivity contribution >= 4 is 11.3 Å². The minimum atomic E-state index is 0.243. The summed E-state index contributed by atoms with van der Waals surface area (Å²) in [4.78, 5) is 1.34. The van der Waals surface area contributed by atoms with Crippen molar-refractivity contribution in [1.82, 2.24) is 5.32 Å². The molecule has 0 amide bonds. The lowest BCUT2D eigenvalue weighted by Gasteiger charge is -2.30. The first-order valence-corrected chi connectivity index (χ1v) is 6.84. The molecule has 16 heavy (non-hydrogen) atoms. The number of hydrogen-bond donors (Lipinski definition) is 1. The third-order valence-corrected chi connectivity index (χ3v) is 4.15. The van der Waals surface area contributed by atoms with E-state index in [4.69, 9.17) is 4.74 Å². The van der Waals surface area contributed by atoms with Crippen LogP contribution in [-0.4, -0.2) is 19.2 Å². The Labute approximate surface area is 102 Å². The summed E-state index contributed by atoms with van der Waals surface area (Å²) < 4.78 is 5.92. The van der Waals surface area contributed by atoms with E-state index >= 15 is 0 Å². The van der Waals surface area contributed by atoms with Crippen LogP contribution in [0.1, 0.15) is 38.2 Å². The topological polar surface area (TPSA) is 21.3 Å². The Balaban J connectivity index is 1.99. The van der Waals surface area contributed by atoms with Gasteiger partial charge in [-0.2, -0.15) is 0 Å². The van der Waals surface area contributed by atoms with Crippen molar-refractivity contribution in [2.24, 2.45) is 5.41 Å². The van der Waals surface area contributed by atoms with E-state index in [2.05, 4.69) is 43.6 Å². The lowest BCUT2D eigenvalue weighted by molar-refractivity contribution is 0.0678. The van der Waals surface area contributed by atoms with Gasteiger partial charge in [0.15, 0.2) is 0 Å². The van der Waals surface area contributed by atoms with Crippen LogP contribution in [0, 0.1) is 5.41 Å². The molecular weight excluding hydrogens is 218 g/mol. The Morgan fingerprint density at radius 1 is 1.44 bits per heavy atom. The van der Waals surface area contributed by atoms with Crippen molar-refractivity contribution in [3.8, 4) is 0 Å². The van der Waals surface area contributed by atoms with Crippen molar-refractivity contribution in [3.05, 3.63) is 22.4 Å². The fourth-order valence-corrected chi connectivity index (χ4v) is 2.91. The SMILES string of the molecule is CC(C)(C)C1CCOC(c2cccs2)CN1. The fraction of sp³-hybridized carbons (Fsp3) is 0.692. The van der Waals surface area contributed by atoms with Gasteiger partial charge in [-0.1, -0.05) is 26.8 Å². The van der Waals surface area contributed by atoms with Gasteiger partial charge in [-0.15, -0.1) is 11.3 Å². The highest BCUT2D eigenvalue weighted by atomic mass is 32.1. The smallest absolute Gasteiger partial charge is 0.104 e. The summed E-state index contributed by atoms with van der Waals surface area (Å²) in [5.74, 6) is 0. The summed E-state index contributed by atoms with van der Waals surface area (Å²) in [5.41, 5.74) is 0.313. The second kappa shape index (κ2) is 4.86.